The highest BCUT2D eigenvalue weighted by Gasteiger charge is 2.07. The van der Waals surface area contributed by atoms with Gasteiger partial charge in [0.2, 0.25) is 5.91 Å². The van der Waals surface area contributed by atoms with Gasteiger partial charge in [0.1, 0.15) is 11.6 Å². The summed E-state index contributed by atoms with van der Waals surface area (Å²) in [5.74, 6) is 1.94. The Morgan fingerprint density at radius 2 is 2.14 bits per heavy atom. The molecule has 0 aliphatic heterocycles. The third-order valence-corrected chi connectivity index (χ3v) is 2.94. The highest BCUT2D eigenvalue weighted by Crippen LogP contribution is 2.18. The van der Waals surface area contributed by atoms with E-state index < -0.39 is 0 Å². The first-order valence-electron chi connectivity index (χ1n) is 6.75. The van der Waals surface area contributed by atoms with Gasteiger partial charge in [-0.2, -0.15) is 5.10 Å². The van der Waals surface area contributed by atoms with Crippen LogP contribution in [0, 0.1) is 0 Å². The summed E-state index contributed by atoms with van der Waals surface area (Å²) in [6, 6.07) is 7.46. The fourth-order valence-electron chi connectivity index (χ4n) is 1.78. The molecule has 112 valence electrons. The predicted molar refractivity (Wildman–Crippen MR) is 78.5 cm³/mol. The molecule has 7 heteroatoms. The lowest BCUT2D eigenvalue weighted by molar-refractivity contribution is -0.121. The van der Waals surface area contributed by atoms with E-state index in [9.17, 15) is 4.79 Å². The summed E-state index contributed by atoms with van der Waals surface area (Å²) in [6.45, 7) is 0.837. The minimum Gasteiger partial charge on any atom is -0.497 e. The molecule has 0 radical (unpaired) electrons. The maximum absolute atomic E-state index is 11.5. The lowest BCUT2D eigenvalue weighted by atomic mass is 10.2. The third kappa shape index (κ3) is 4.28. The van der Waals surface area contributed by atoms with Gasteiger partial charge in [0.05, 0.1) is 13.7 Å². The van der Waals surface area contributed by atoms with Gasteiger partial charge in [-0.3, -0.25) is 9.89 Å². The lowest BCUT2D eigenvalue weighted by Crippen LogP contribution is -2.23. The SMILES string of the molecule is COc1ccc(-c2n[nH]c(CNC(=O)CCCN)n2)cc1. The van der Waals surface area contributed by atoms with Crippen molar-refractivity contribution in [2.24, 2.45) is 5.73 Å². The molecule has 4 N–H and O–H groups in total. The Hall–Kier alpha value is -2.41. The molecular weight excluding hydrogens is 270 g/mol. The van der Waals surface area contributed by atoms with Gasteiger partial charge < -0.3 is 15.8 Å². The van der Waals surface area contributed by atoms with E-state index in [4.69, 9.17) is 10.5 Å². The first kappa shape index (κ1) is 15.0. The topological polar surface area (TPSA) is 106 Å². The largest absolute Gasteiger partial charge is 0.497 e. The van der Waals surface area contributed by atoms with Crippen LogP contribution < -0.4 is 15.8 Å². The van der Waals surface area contributed by atoms with Crippen LogP contribution >= 0.6 is 0 Å². The molecule has 0 aliphatic carbocycles. The Morgan fingerprint density at radius 3 is 2.81 bits per heavy atom. The Labute approximate surface area is 122 Å². The summed E-state index contributed by atoms with van der Waals surface area (Å²) < 4.78 is 5.10. The number of rotatable bonds is 7. The average Bonchev–Trinajstić information content (AvgIpc) is 3.00. The van der Waals surface area contributed by atoms with Crippen molar-refractivity contribution in [3.8, 4) is 17.1 Å². The van der Waals surface area contributed by atoms with E-state index in [1.807, 2.05) is 24.3 Å². The number of ether oxygens (including phenoxy) is 1. The number of H-pyrrole nitrogens is 1. The maximum atomic E-state index is 11.5. The number of hydrogen-bond acceptors (Lipinski definition) is 5. The molecule has 0 saturated heterocycles. The van der Waals surface area contributed by atoms with Crippen LogP contribution in [0.5, 0.6) is 5.75 Å². The van der Waals surface area contributed by atoms with E-state index in [1.54, 1.807) is 7.11 Å². The van der Waals surface area contributed by atoms with E-state index in [2.05, 4.69) is 20.5 Å². The van der Waals surface area contributed by atoms with Gasteiger partial charge in [-0.25, -0.2) is 4.98 Å². The molecule has 0 atom stereocenters. The Balaban J connectivity index is 1.92. The zero-order valence-corrected chi connectivity index (χ0v) is 11.9. The molecular formula is C14H19N5O2. The number of nitrogens with one attached hydrogen (secondary N) is 2. The molecule has 1 amide bonds. The second-order valence-electron chi connectivity index (χ2n) is 4.50. The van der Waals surface area contributed by atoms with Gasteiger partial charge >= 0.3 is 0 Å². The number of methoxy groups -OCH3 is 1. The van der Waals surface area contributed by atoms with Gasteiger partial charge in [-0.05, 0) is 37.2 Å². The fraction of sp³-hybridized carbons (Fsp3) is 0.357. The predicted octanol–water partition coefficient (Wildman–Crippen LogP) is 0.835. The van der Waals surface area contributed by atoms with Crippen molar-refractivity contribution in [3.63, 3.8) is 0 Å². The second kappa shape index (κ2) is 7.39. The minimum atomic E-state index is -0.0390. The number of aromatic amines is 1. The Kier molecular flexibility index (Phi) is 5.28. The van der Waals surface area contributed by atoms with Crippen molar-refractivity contribution in [1.29, 1.82) is 0 Å². The molecule has 0 fully saturated rings. The van der Waals surface area contributed by atoms with Gasteiger partial charge in [0, 0.05) is 12.0 Å². The summed E-state index contributed by atoms with van der Waals surface area (Å²) in [7, 11) is 1.62. The van der Waals surface area contributed by atoms with Crippen LogP contribution in [-0.4, -0.2) is 34.7 Å². The number of carbonyl (C=O) groups excluding carboxylic acids is 1. The summed E-state index contributed by atoms with van der Waals surface area (Å²) in [6.07, 6.45) is 1.11. The normalized spacial score (nSPS) is 10.4. The van der Waals surface area contributed by atoms with E-state index >= 15 is 0 Å². The first-order chi connectivity index (χ1) is 10.2. The van der Waals surface area contributed by atoms with E-state index in [-0.39, 0.29) is 5.91 Å². The molecule has 0 saturated carbocycles. The highest BCUT2D eigenvalue weighted by atomic mass is 16.5. The van der Waals surface area contributed by atoms with Crippen LogP contribution in [-0.2, 0) is 11.3 Å². The molecule has 0 bridgehead atoms. The third-order valence-electron chi connectivity index (χ3n) is 2.94. The summed E-state index contributed by atoms with van der Waals surface area (Å²) >= 11 is 0. The first-order valence-corrected chi connectivity index (χ1v) is 6.75. The van der Waals surface area contributed by atoms with Crippen LogP contribution in [0.3, 0.4) is 0 Å². The molecule has 1 aromatic carbocycles. The van der Waals surface area contributed by atoms with Crippen LogP contribution in [0.25, 0.3) is 11.4 Å². The summed E-state index contributed by atoms with van der Waals surface area (Å²) in [5.41, 5.74) is 6.24. The monoisotopic (exact) mass is 289 g/mol. The molecule has 2 aromatic rings. The molecule has 0 aliphatic rings. The number of amides is 1. The van der Waals surface area contributed by atoms with Crippen molar-refractivity contribution < 1.29 is 9.53 Å². The number of nitrogens with two attached hydrogens (primary N) is 1. The zero-order valence-electron chi connectivity index (χ0n) is 11.9. The standard InChI is InChI=1S/C14H19N5O2/c1-21-11-6-4-10(5-7-11)14-17-12(18-19-14)9-16-13(20)3-2-8-15/h4-7H,2-3,8-9,15H2,1H3,(H,16,20)(H,17,18,19). The fourth-order valence-corrected chi connectivity index (χ4v) is 1.78. The zero-order chi connectivity index (χ0) is 15.1. The molecule has 7 nitrogen and oxygen atoms in total. The second-order valence-corrected chi connectivity index (χ2v) is 4.50. The quantitative estimate of drug-likeness (QED) is 0.700. The van der Waals surface area contributed by atoms with E-state index in [0.29, 0.717) is 37.6 Å². The smallest absolute Gasteiger partial charge is 0.220 e. The van der Waals surface area contributed by atoms with Crippen LogP contribution in [0.1, 0.15) is 18.7 Å². The molecule has 0 unspecified atom stereocenters. The minimum absolute atomic E-state index is 0.0390. The summed E-state index contributed by atoms with van der Waals surface area (Å²) in [4.78, 5) is 15.8. The van der Waals surface area contributed by atoms with Crippen molar-refractivity contribution in [2.45, 2.75) is 19.4 Å². The summed E-state index contributed by atoms with van der Waals surface area (Å²) in [5, 5.41) is 9.71. The van der Waals surface area contributed by atoms with Gasteiger partial charge in [-0.15, -0.1) is 0 Å². The molecule has 0 spiro atoms. The molecule has 21 heavy (non-hydrogen) atoms. The number of carbonyl (C=O) groups is 1. The van der Waals surface area contributed by atoms with Crippen molar-refractivity contribution in [1.82, 2.24) is 20.5 Å². The van der Waals surface area contributed by atoms with Crippen LogP contribution in [0.4, 0.5) is 0 Å². The van der Waals surface area contributed by atoms with Crippen LogP contribution in [0.2, 0.25) is 0 Å². The number of benzene rings is 1. The number of aromatic nitrogens is 3. The van der Waals surface area contributed by atoms with Gasteiger partial charge in [0.25, 0.3) is 0 Å². The average molecular weight is 289 g/mol. The number of hydrogen-bond donors (Lipinski definition) is 3. The molecule has 1 heterocycles. The molecule has 2 rings (SSSR count). The Bertz CT molecular complexity index is 579. The van der Waals surface area contributed by atoms with Crippen LogP contribution in [0.15, 0.2) is 24.3 Å². The van der Waals surface area contributed by atoms with Gasteiger partial charge in [-0.1, -0.05) is 0 Å². The Morgan fingerprint density at radius 1 is 1.38 bits per heavy atom. The maximum Gasteiger partial charge on any atom is 0.220 e. The van der Waals surface area contributed by atoms with Crippen molar-refractivity contribution in [3.05, 3.63) is 30.1 Å². The number of nitrogens with zero attached hydrogens (tertiary/aromatic N) is 2. The van der Waals surface area contributed by atoms with Gasteiger partial charge in [0.15, 0.2) is 5.82 Å². The van der Waals surface area contributed by atoms with E-state index in [0.717, 1.165) is 11.3 Å². The van der Waals surface area contributed by atoms with E-state index in [1.165, 1.54) is 0 Å². The highest BCUT2D eigenvalue weighted by molar-refractivity contribution is 5.75. The molecule has 1 aromatic heterocycles. The lowest BCUT2D eigenvalue weighted by Gasteiger charge is -2.01. The van der Waals surface area contributed by atoms with Crippen molar-refractivity contribution in [2.75, 3.05) is 13.7 Å². The van der Waals surface area contributed by atoms with Crippen molar-refractivity contribution >= 4 is 5.91 Å².